The Labute approximate surface area is 105 Å². The summed E-state index contributed by atoms with van der Waals surface area (Å²) in [6.07, 6.45) is 1.42. The van der Waals surface area contributed by atoms with Crippen LogP contribution in [0.5, 0.6) is 0 Å². The maximum absolute atomic E-state index is 12.0. The number of nitrogens with one attached hydrogen (secondary N) is 1. The molecule has 2 heterocycles. The molecule has 2 rings (SSSR count). The molecule has 0 bridgehead atoms. The molecule has 0 spiro atoms. The van der Waals surface area contributed by atoms with E-state index in [1.807, 2.05) is 0 Å². The number of carbonyl (C=O) groups excluding carboxylic acids is 2. The van der Waals surface area contributed by atoms with Gasteiger partial charge in [-0.25, -0.2) is 0 Å². The Morgan fingerprint density at radius 1 is 1.39 bits per heavy atom. The topological polar surface area (TPSA) is 71.8 Å². The van der Waals surface area contributed by atoms with Crippen molar-refractivity contribution in [3.8, 4) is 0 Å². The van der Waals surface area contributed by atoms with Gasteiger partial charge in [-0.05, 0) is 19.1 Å². The molecule has 0 radical (unpaired) electrons. The highest BCUT2D eigenvalue weighted by Gasteiger charge is 2.24. The molecule has 1 unspecified atom stereocenters. The van der Waals surface area contributed by atoms with Crippen LogP contribution in [-0.2, 0) is 9.53 Å². The van der Waals surface area contributed by atoms with Gasteiger partial charge in [0.1, 0.15) is 6.04 Å². The molecule has 1 atom stereocenters. The van der Waals surface area contributed by atoms with Gasteiger partial charge in [-0.15, -0.1) is 0 Å². The molecule has 1 aromatic heterocycles. The van der Waals surface area contributed by atoms with E-state index in [-0.39, 0.29) is 17.6 Å². The van der Waals surface area contributed by atoms with Crippen molar-refractivity contribution in [2.45, 2.75) is 13.0 Å². The summed E-state index contributed by atoms with van der Waals surface area (Å²) in [4.78, 5) is 25.4. The summed E-state index contributed by atoms with van der Waals surface area (Å²) in [5.41, 5.74) is 0. The summed E-state index contributed by atoms with van der Waals surface area (Å²) >= 11 is 0. The van der Waals surface area contributed by atoms with Crippen molar-refractivity contribution in [3.05, 3.63) is 24.2 Å². The Hall–Kier alpha value is -1.82. The van der Waals surface area contributed by atoms with E-state index < -0.39 is 6.04 Å². The van der Waals surface area contributed by atoms with Gasteiger partial charge in [0.05, 0.1) is 19.5 Å². The maximum Gasteiger partial charge on any atom is 0.287 e. The Balaban J connectivity index is 1.88. The molecule has 1 fully saturated rings. The molecule has 0 aliphatic carbocycles. The maximum atomic E-state index is 12.0. The van der Waals surface area contributed by atoms with Gasteiger partial charge < -0.3 is 19.4 Å². The smallest absolute Gasteiger partial charge is 0.287 e. The van der Waals surface area contributed by atoms with Gasteiger partial charge in [0.2, 0.25) is 5.91 Å². The Bertz CT molecular complexity index is 410. The highest BCUT2D eigenvalue weighted by atomic mass is 16.5. The van der Waals surface area contributed by atoms with Gasteiger partial charge in [0.25, 0.3) is 5.91 Å². The van der Waals surface area contributed by atoms with Gasteiger partial charge in [0, 0.05) is 13.1 Å². The second-order valence-electron chi connectivity index (χ2n) is 4.11. The van der Waals surface area contributed by atoms with Crippen molar-refractivity contribution < 1.29 is 18.7 Å². The number of furan rings is 1. The van der Waals surface area contributed by atoms with Crippen molar-refractivity contribution in [3.63, 3.8) is 0 Å². The van der Waals surface area contributed by atoms with E-state index in [0.29, 0.717) is 26.3 Å². The number of morpholine rings is 1. The van der Waals surface area contributed by atoms with Crippen molar-refractivity contribution in [2.75, 3.05) is 26.3 Å². The molecule has 2 amide bonds. The monoisotopic (exact) mass is 252 g/mol. The second-order valence-corrected chi connectivity index (χ2v) is 4.11. The van der Waals surface area contributed by atoms with Crippen LogP contribution in [0.25, 0.3) is 0 Å². The van der Waals surface area contributed by atoms with E-state index in [2.05, 4.69) is 5.32 Å². The summed E-state index contributed by atoms with van der Waals surface area (Å²) in [5, 5.41) is 2.61. The first-order valence-electron chi connectivity index (χ1n) is 5.89. The lowest BCUT2D eigenvalue weighted by atomic mass is 10.2. The highest BCUT2D eigenvalue weighted by Crippen LogP contribution is 2.03. The Kier molecular flexibility index (Phi) is 3.99. The van der Waals surface area contributed by atoms with Crippen LogP contribution in [0.1, 0.15) is 17.5 Å². The molecule has 98 valence electrons. The van der Waals surface area contributed by atoms with Gasteiger partial charge >= 0.3 is 0 Å². The van der Waals surface area contributed by atoms with Crippen molar-refractivity contribution in [1.82, 2.24) is 10.2 Å². The Morgan fingerprint density at radius 2 is 2.11 bits per heavy atom. The SMILES string of the molecule is CC(NC(=O)c1ccco1)C(=O)N1CCOCC1. The lowest BCUT2D eigenvalue weighted by Crippen LogP contribution is -2.50. The van der Waals surface area contributed by atoms with Crippen LogP contribution in [0, 0.1) is 0 Å². The minimum Gasteiger partial charge on any atom is -0.459 e. The first kappa shape index (κ1) is 12.6. The zero-order valence-electron chi connectivity index (χ0n) is 10.2. The fourth-order valence-electron chi connectivity index (χ4n) is 1.79. The van der Waals surface area contributed by atoms with Crippen LogP contribution in [-0.4, -0.2) is 49.1 Å². The first-order chi connectivity index (χ1) is 8.68. The molecule has 18 heavy (non-hydrogen) atoms. The van der Waals surface area contributed by atoms with Crippen LogP contribution in [0.15, 0.2) is 22.8 Å². The fraction of sp³-hybridized carbons (Fsp3) is 0.500. The predicted molar refractivity (Wildman–Crippen MR) is 63.0 cm³/mol. The van der Waals surface area contributed by atoms with Crippen molar-refractivity contribution in [1.29, 1.82) is 0 Å². The van der Waals surface area contributed by atoms with Crippen molar-refractivity contribution >= 4 is 11.8 Å². The lowest BCUT2D eigenvalue weighted by Gasteiger charge is -2.29. The quantitative estimate of drug-likeness (QED) is 0.837. The second kappa shape index (κ2) is 5.68. The van der Waals surface area contributed by atoms with E-state index in [4.69, 9.17) is 9.15 Å². The molecule has 1 aliphatic heterocycles. The number of ether oxygens (including phenoxy) is 1. The molecule has 6 heteroatoms. The summed E-state index contributed by atoms with van der Waals surface area (Å²) in [6, 6.07) is 2.62. The minimum absolute atomic E-state index is 0.0989. The molecule has 6 nitrogen and oxygen atoms in total. The van der Waals surface area contributed by atoms with E-state index in [9.17, 15) is 9.59 Å². The minimum atomic E-state index is -0.569. The van der Waals surface area contributed by atoms with E-state index in [0.717, 1.165) is 0 Å². The summed E-state index contributed by atoms with van der Waals surface area (Å²) in [6.45, 7) is 3.90. The van der Waals surface area contributed by atoms with Gasteiger partial charge in [-0.3, -0.25) is 9.59 Å². The third kappa shape index (κ3) is 2.89. The predicted octanol–water partition coefficient (Wildman–Crippen LogP) is 0.257. The van der Waals surface area contributed by atoms with Crippen LogP contribution >= 0.6 is 0 Å². The van der Waals surface area contributed by atoms with Gasteiger partial charge in [0.15, 0.2) is 5.76 Å². The third-order valence-corrected chi connectivity index (χ3v) is 2.79. The third-order valence-electron chi connectivity index (χ3n) is 2.79. The highest BCUT2D eigenvalue weighted by molar-refractivity contribution is 5.95. The largest absolute Gasteiger partial charge is 0.459 e. The van der Waals surface area contributed by atoms with E-state index >= 15 is 0 Å². The van der Waals surface area contributed by atoms with E-state index in [1.54, 1.807) is 24.0 Å². The number of carbonyl (C=O) groups is 2. The Morgan fingerprint density at radius 3 is 2.72 bits per heavy atom. The molecular weight excluding hydrogens is 236 g/mol. The van der Waals surface area contributed by atoms with Crippen molar-refractivity contribution in [2.24, 2.45) is 0 Å². The standard InChI is InChI=1S/C12H16N2O4/c1-9(12(16)14-4-7-17-8-5-14)13-11(15)10-3-2-6-18-10/h2-3,6,9H,4-5,7-8H2,1H3,(H,13,15). The number of hydrogen-bond donors (Lipinski definition) is 1. The van der Waals surface area contributed by atoms with Crippen LogP contribution < -0.4 is 5.32 Å². The fourth-order valence-corrected chi connectivity index (χ4v) is 1.79. The number of hydrogen-bond acceptors (Lipinski definition) is 4. The first-order valence-corrected chi connectivity index (χ1v) is 5.89. The zero-order chi connectivity index (χ0) is 13.0. The molecule has 0 saturated carbocycles. The van der Waals surface area contributed by atoms with Crippen LogP contribution in [0.2, 0.25) is 0 Å². The average molecular weight is 252 g/mol. The van der Waals surface area contributed by atoms with Crippen LogP contribution in [0.3, 0.4) is 0 Å². The summed E-state index contributed by atoms with van der Waals surface area (Å²) in [7, 11) is 0. The summed E-state index contributed by atoms with van der Waals surface area (Å²) in [5.74, 6) is -0.274. The van der Waals surface area contributed by atoms with Crippen LogP contribution in [0.4, 0.5) is 0 Å². The summed E-state index contributed by atoms with van der Waals surface area (Å²) < 4.78 is 10.1. The molecule has 0 aromatic carbocycles. The molecule has 1 N–H and O–H groups in total. The zero-order valence-corrected chi connectivity index (χ0v) is 10.2. The molecule has 1 saturated heterocycles. The van der Waals surface area contributed by atoms with Gasteiger partial charge in [-0.2, -0.15) is 0 Å². The number of amides is 2. The van der Waals surface area contributed by atoms with E-state index in [1.165, 1.54) is 6.26 Å². The van der Waals surface area contributed by atoms with Gasteiger partial charge in [-0.1, -0.05) is 0 Å². The molecule has 1 aromatic rings. The normalized spacial score (nSPS) is 17.3. The average Bonchev–Trinajstić information content (AvgIpc) is 2.92. The lowest BCUT2D eigenvalue weighted by molar-refractivity contribution is -0.136. The number of nitrogens with zero attached hydrogens (tertiary/aromatic N) is 1. The number of rotatable bonds is 3. The molecular formula is C12H16N2O4. The molecule has 1 aliphatic rings.